The van der Waals surface area contributed by atoms with Crippen LogP contribution in [-0.4, -0.2) is 26.3 Å². The van der Waals surface area contributed by atoms with E-state index in [4.69, 9.17) is 9.47 Å². The SMILES string of the molecule is CN[C@H]1Cc2ccc(OC)c3c2[C@@]2(C)[C@@H]1CCC[C@H]2O3. The van der Waals surface area contributed by atoms with Gasteiger partial charge in [-0.05, 0) is 50.3 Å². The molecule has 0 saturated heterocycles. The third-order valence-corrected chi connectivity index (χ3v) is 5.94. The van der Waals surface area contributed by atoms with Crippen LogP contribution in [0.25, 0.3) is 0 Å². The number of hydrogen-bond acceptors (Lipinski definition) is 3. The van der Waals surface area contributed by atoms with Crippen LogP contribution in [0, 0.1) is 5.92 Å². The van der Waals surface area contributed by atoms with E-state index in [0.717, 1.165) is 17.9 Å². The van der Waals surface area contributed by atoms with Crippen molar-refractivity contribution in [3.05, 3.63) is 23.3 Å². The molecular weight excluding hydrogens is 250 g/mol. The van der Waals surface area contributed by atoms with Crippen molar-refractivity contribution in [1.82, 2.24) is 5.32 Å². The van der Waals surface area contributed by atoms with Crippen molar-refractivity contribution < 1.29 is 9.47 Å². The van der Waals surface area contributed by atoms with Crippen molar-refractivity contribution in [3.63, 3.8) is 0 Å². The molecule has 0 aromatic heterocycles. The highest BCUT2D eigenvalue weighted by Crippen LogP contribution is 2.59. The molecule has 0 bridgehead atoms. The summed E-state index contributed by atoms with van der Waals surface area (Å²) in [6.07, 6.45) is 5.18. The van der Waals surface area contributed by atoms with Crippen molar-refractivity contribution in [2.75, 3.05) is 14.2 Å². The predicted octanol–water partition coefficient (Wildman–Crippen LogP) is 2.66. The van der Waals surface area contributed by atoms with Gasteiger partial charge in [0, 0.05) is 17.0 Å². The van der Waals surface area contributed by atoms with Crippen molar-refractivity contribution in [2.24, 2.45) is 5.92 Å². The van der Waals surface area contributed by atoms with E-state index in [1.807, 2.05) is 0 Å². The maximum atomic E-state index is 6.37. The van der Waals surface area contributed by atoms with Gasteiger partial charge >= 0.3 is 0 Å². The molecule has 4 rings (SSSR count). The fourth-order valence-electron chi connectivity index (χ4n) is 4.98. The Morgan fingerprint density at radius 2 is 2.20 bits per heavy atom. The van der Waals surface area contributed by atoms with Crippen LogP contribution in [0.1, 0.15) is 37.3 Å². The van der Waals surface area contributed by atoms with Crippen LogP contribution < -0.4 is 14.8 Å². The van der Waals surface area contributed by atoms with Crippen LogP contribution in [0.3, 0.4) is 0 Å². The molecule has 1 fully saturated rings. The van der Waals surface area contributed by atoms with Gasteiger partial charge in [0.1, 0.15) is 6.10 Å². The zero-order chi connectivity index (χ0) is 13.9. The van der Waals surface area contributed by atoms with Gasteiger partial charge in [-0.1, -0.05) is 13.0 Å². The van der Waals surface area contributed by atoms with E-state index in [1.54, 1.807) is 7.11 Å². The third kappa shape index (κ3) is 1.34. The monoisotopic (exact) mass is 273 g/mol. The molecule has 1 heterocycles. The van der Waals surface area contributed by atoms with Crippen LogP contribution in [-0.2, 0) is 11.8 Å². The smallest absolute Gasteiger partial charge is 0.165 e. The first-order valence-corrected chi connectivity index (χ1v) is 7.74. The Morgan fingerprint density at radius 3 is 2.95 bits per heavy atom. The number of ether oxygens (including phenoxy) is 2. The van der Waals surface area contributed by atoms with Gasteiger partial charge in [-0.2, -0.15) is 0 Å². The molecular formula is C17H23NO2. The van der Waals surface area contributed by atoms with E-state index in [9.17, 15) is 0 Å². The molecule has 0 unspecified atom stereocenters. The van der Waals surface area contributed by atoms with E-state index >= 15 is 0 Å². The first kappa shape index (κ1) is 12.5. The van der Waals surface area contributed by atoms with Gasteiger partial charge in [-0.15, -0.1) is 0 Å². The molecule has 1 N–H and O–H groups in total. The van der Waals surface area contributed by atoms with Gasteiger partial charge in [0.15, 0.2) is 11.5 Å². The minimum atomic E-state index is 0.156. The number of nitrogens with one attached hydrogen (secondary N) is 1. The molecule has 1 aromatic carbocycles. The maximum absolute atomic E-state index is 6.37. The fourth-order valence-corrected chi connectivity index (χ4v) is 4.98. The van der Waals surface area contributed by atoms with E-state index < -0.39 is 0 Å². The number of likely N-dealkylation sites (N-methyl/N-ethyl adjacent to an activating group) is 1. The maximum Gasteiger partial charge on any atom is 0.165 e. The molecule has 0 radical (unpaired) electrons. The molecule has 0 spiro atoms. The lowest BCUT2D eigenvalue weighted by Crippen LogP contribution is -2.56. The molecule has 1 aliphatic heterocycles. The summed E-state index contributed by atoms with van der Waals surface area (Å²) in [6.45, 7) is 2.42. The summed E-state index contributed by atoms with van der Waals surface area (Å²) in [5.41, 5.74) is 3.05. The summed E-state index contributed by atoms with van der Waals surface area (Å²) < 4.78 is 11.9. The molecule has 108 valence electrons. The Morgan fingerprint density at radius 1 is 1.35 bits per heavy atom. The second kappa shape index (κ2) is 4.14. The normalized spacial score (nSPS) is 37.2. The van der Waals surface area contributed by atoms with E-state index in [0.29, 0.717) is 18.1 Å². The third-order valence-electron chi connectivity index (χ3n) is 5.94. The summed E-state index contributed by atoms with van der Waals surface area (Å²) in [7, 11) is 3.84. The molecule has 3 heteroatoms. The largest absolute Gasteiger partial charge is 0.493 e. The van der Waals surface area contributed by atoms with Gasteiger partial charge in [0.2, 0.25) is 0 Å². The van der Waals surface area contributed by atoms with Crippen LogP contribution >= 0.6 is 0 Å². The molecule has 3 aliphatic rings. The summed E-state index contributed by atoms with van der Waals surface area (Å²) in [4.78, 5) is 0. The number of methoxy groups -OCH3 is 1. The van der Waals surface area contributed by atoms with E-state index in [-0.39, 0.29) is 5.41 Å². The molecule has 1 aromatic rings. The first-order valence-electron chi connectivity index (χ1n) is 7.74. The van der Waals surface area contributed by atoms with Gasteiger partial charge in [-0.3, -0.25) is 0 Å². The molecule has 3 nitrogen and oxygen atoms in total. The van der Waals surface area contributed by atoms with E-state index in [1.165, 1.54) is 30.4 Å². The lowest BCUT2D eigenvalue weighted by atomic mass is 9.56. The van der Waals surface area contributed by atoms with Gasteiger partial charge in [0.25, 0.3) is 0 Å². The Bertz CT molecular complexity index is 556. The highest BCUT2D eigenvalue weighted by Gasteiger charge is 2.58. The Kier molecular flexibility index (Phi) is 2.59. The quantitative estimate of drug-likeness (QED) is 0.898. The first-order chi connectivity index (χ1) is 9.70. The lowest BCUT2D eigenvalue weighted by Gasteiger charge is -2.49. The van der Waals surface area contributed by atoms with Gasteiger partial charge in [0.05, 0.1) is 7.11 Å². The predicted molar refractivity (Wildman–Crippen MR) is 78.7 cm³/mol. The summed E-state index contributed by atoms with van der Waals surface area (Å²) in [6, 6.07) is 4.88. The Hall–Kier alpha value is -1.22. The van der Waals surface area contributed by atoms with Crippen LogP contribution in [0.4, 0.5) is 0 Å². The molecule has 1 saturated carbocycles. The van der Waals surface area contributed by atoms with Crippen LogP contribution in [0.5, 0.6) is 11.5 Å². The van der Waals surface area contributed by atoms with Crippen LogP contribution in [0.15, 0.2) is 12.1 Å². The Labute approximate surface area is 120 Å². The zero-order valence-corrected chi connectivity index (χ0v) is 12.5. The fraction of sp³-hybridized carbons (Fsp3) is 0.647. The van der Waals surface area contributed by atoms with Crippen LogP contribution in [0.2, 0.25) is 0 Å². The second-order valence-corrected chi connectivity index (χ2v) is 6.66. The molecule has 0 amide bonds. The van der Waals surface area contributed by atoms with Crippen molar-refractivity contribution in [3.8, 4) is 11.5 Å². The van der Waals surface area contributed by atoms with Crippen molar-refractivity contribution in [1.29, 1.82) is 0 Å². The molecule has 4 atom stereocenters. The molecule has 2 aliphatic carbocycles. The highest BCUT2D eigenvalue weighted by molar-refractivity contribution is 5.60. The van der Waals surface area contributed by atoms with Crippen molar-refractivity contribution >= 4 is 0 Å². The summed E-state index contributed by atoms with van der Waals surface area (Å²) in [5, 5.41) is 3.55. The topological polar surface area (TPSA) is 30.5 Å². The minimum Gasteiger partial charge on any atom is -0.493 e. The lowest BCUT2D eigenvalue weighted by molar-refractivity contribution is 0.0410. The minimum absolute atomic E-state index is 0.156. The highest BCUT2D eigenvalue weighted by atomic mass is 16.5. The van der Waals surface area contributed by atoms with Gasteiger partial charge < -0.3 is 14.8 Å². The standard InChI is InChI=1S/C17H23NO2/c1-17-11-5-4-6-14(17)20-16-13(19-3)8-7-10(15(16)17)9-12(11)18-2/h7-8,11-12,14,18H,4-6,9H2,1-3H3/t11-,12+,14-,17+/m1/s1. The number of rotatable bonds is 2. The summed E-state index contributed by atoms with van der Waals surface area (Å²) >= 11 is 0. The van der Waals surface area contributed by atoms with Crippen molar-refractivity contribution in [2.45, 2.75) is 50.2 Å². The Balaban J connectivity index is 1.95. The number of hydrogen-bond donors (Lipinski definition) is 1. The average molecular weight is 273 g/mol. The van der Waals surface area contributed by atoms with Gasteiger partial charge in [-0.25, -0.2) is 0 Å². The van der Waals surface area contributed by atoms with E-state index in [2.05, 4.69) is 31.4 Å². The zero-order valence-electron chi connectivity index (χ0n) is 12.5. The number of benzene rings is 1. The second-order valence-electron chi connectivity index (χ2n) is 6.66. The average Bonchev–Trinajstić information content (AvgIpc) is 2.78. The summed E-state index contributed by atoms with van der Waals surface area (Å²) in [5.74, 6) is 2.60. The molecule has 20 heavy (non-hydrogen) atoms.